The lowest BCUT2D eigenvalue weighted by molar-refractivity contribution is 0.0949. The van der Waals surface area contributed by atoms with Gasteiger partial charge >= 0.3 is 0 Å². The van der Waals surface area contributed by atoms with Gasteiger partial charge in [0.25, 0.3) is 5.91 Å². The molecular formula is C28H23F2N3O4S. The molecule has 4 aromatic rings. The highest BCUT2D eigenvalue weighted by Crippen LogP contribution is 2.39. The summed E-state index contributed by atoms with van der Waals surface area (Å²) in [6, 6.07) is 15.7. The van der Waals surface area contributed by atoms with Gasteiger partial charge in [-0.25, -0.2) is 17.2 Å². The summed E-state index contributed by atoms with van der Waals surface area (Å²) < 4.78 is 58.8. The third kappa shape index (κ3) is 4.60. The standard InChI is InChI=1S/C28H23F2N3O4S/c29-22-12-20(13-25-27(22)37-9-8-26(30)38(25,35)36)28(34)32-15-21-11-19-10-17(6-7-18(19)14-31-21)24-3-1-2-23(33-24)16-4-5-16/h1-3,6-7,10-14,16,26H,4-5,8-9,15H2,(H,32,34)/t26-/m1/s1. The summed E-state index contributed by atoms with van der Waals surface area (Å²) in [5.41, 5.74) is 1.03. The van der Waals surface area contributed by atoms with Crippen LogP contribution in [-0.2, 0) is 16.4 Å². The van der Waals surface area contributed by atoms with E-state index in [0.717, 1.165) is 39.9 Å². The number of nitrogens with zero attached hydrogens (tertiary/aromatic N) is 2. The molecule has 38 heavy (non-hydrogen) atoms. The van der Waals surface area contributed by atoms with Gasteiger partial charge in [0.15, 0.2) is 11.6 Å². The number of halogens is 2. The molecule has 1 aliphatic heterocycles. The summed E-state index contributed by atoms with van der Waals surface area (Å²) in [5.74, 6) is -1.78. The molecular weight excluding hydrogens is 512 g/mol. The van der Waals surface area contributed by atoms with Gasteiger partial charge in [-0.2, -0.15) is 0 Å². The molecule has 194 valence electrons. The number of carbonyl (C=O) groups is 1. The third-order valence-electron chi connectivity index (χ3n) is 6.78. The Balaban J connectivity index is 1.23. The molecule has 2 aromatic heterocycles. The molecule has 0 spiro atoms. The monoisotopic (exact) mass is 535 g/mol. The first kappa shape index (κ1) is 24.4. The van der Waals surface area contributed by atoms with Gasteiger partial charge in [-0.05, 0) is 54.6 Å². The van der Waals surface area contributed by atoms with E-state index in [1.54, 1.807) is 6.20 Å². The Bertz CT molecular complexity index is 1690. The van der Waals surface area contributed by atoms with Crippen LogP contribution in [0.15, 0.2) is 65.7 Å². The fraction of sp³-hybridized carbons (Fsp3) is 0.250. The smallest absolute Gasteiger partial charge is 0.251 e. The molecule has 0 unspecified atom stereocenters. The number of benzene rings is 2. The Morgan fingerprint density at radius 3 is 2.71 bits per heavy atom. The van der Waals surface area contributed by atoms with Gasteiger partial charge < -0.3 is 10.1 Å². The molecule has 1 amide bonds. The Morgan fingerprint density at radius 2 is 1.89 bits per heavy atom. The van der Waals surface area contributed by atoms with Crippen molar-refractivity contribution >= 4 is 26.5 Å². The summed E-state index contributed by atoms with van der Waals surface area (Å²) in [4.78, 5) is 21.3. The van der Waals surface area contributed by atoms with E-state index in [9.17, 15) is 22.0 Å². The second-order valence-corrected chi connectivity index (χ2v) is 11.6. The normalized spacial score (nSPS) is 18.3. The van der Waals surface area contributed by atoms with Crippen LogP contribution >= 0.6 is 0 Å². The van der Waals surface area contributed by atoms with Gasteiger partial charge in [0, 0.05) is 40.7 Å². The lowest BCUT2D eigenvalue weighted by Crippen LogP contribution is -2.24. The van der Waals surface area contributed by atoms with Crippen LogP contribution in [0, 0.1) is 5.82 Å². The minimum Gasteiger partial charge on any atom is -0.489 e. The van der Waals surface area contributed by atoms with E-state index in [1.165, 1.54) is 12.8 Å². The number of carbonyl (C=O) groups excluding carboxylic acids is 1. The van der Waals surface area contributed by atoms with E-state index >= 15 is 0 Å². The van der Waals surface area contributed by atoms with Crippen molar-refractivity contribution in [1.82, 2.24) is 15.3 Å². The fourth-order valence-corrected chi connectivity index (χ4v) is 5.92. The quantitative estimate of drug-likeness (QED) is 0.382. The molecule has 2 aromatic carbocycles. The summed E-state index contributed by atoms with van der Waals surface area (Å²) in [5, 5.41) is 4.46. The predicted molar refractivity (Wildman–Crippen MR) is 137 cm³/mol. The van der Waals surface area contributed by atoms with Crippen LogP contribution in [0.1, 0.15) is 46.9 Å². The maximum atomic E-state index is 14.6. The highest BCUT2D eigenvalue weighted by Gasteiger charge is 2.35. The SMILES string of the molecule is O=C(NCc1cc2cc(-c3cccc(C4CC4)n3)ccc2cn1)c1cc(F)c2c(c1)S(=O)(=O)[C@@H](F)CCO2. The van der Waals surface area contributed by atoms with Gasteiger partial charge in [-0.15, -0.1) is 0 Å². The number of ether oxygens (including phenoxy) is 1. The first-order chi connectivity index (χ1) is 18.3. The van der Waals surface area contributed by atoms with E-state index in [1.807, 2.05) is 36.4 Å². The second-order valence-electron chi connectivity index (χ2n) is 9.52. The van der Waals surface area contributed by atoms with Crippen molar-refractivity contribution in [3.8, 4) is 17.0 Å². The zero-order valence-electron chi connectivity index (χ0n) is 20.2. The number of hydrogen-bond acceptors (Lipinski definition) is 6. The molecule has 0 bridgehead atoms. The van der Waals surface area contributed by atoms with Gasteiger partial charge in [0.1, 0.15) is 4.90 Å². The molecule has 1 N–H and O–H groups in total. The van der Waals surface area contributed by atoms with Crippen molar-refractivity contribution in [3.63, 3.8) is 0 Å². The minimum atomic E-state index is -4.49. The van der Waals surface area contributed by atoms with Gasteiger partial charge in [0.05, 0.1) is 24.5 Å². The average Bonchev–Trinajstić information content (AvgIpc) is 3.78. The van der Waals surface area contributed by atoms with Crippen molar-refractivity contribution in [3.05, 3.63) is 83.6 Å². The van der Waals surface area contributed by atoms with Crippen molar-refractivity contribution in [2.24, 2.45) is 0 Å². The molecule has 0 radical (unpaired) electrons. The summed E-state index contributed by atoms with van der Waals surface area (Å²) in [7, 11) is -4.49. The molecule has 1 atom stereocenters. The molecule has 2 aliphatic rings. The molecule has 0 saturated heterocycles. The number of nitrogens with one attached hydrogen (secondary N) is 1. The van der Waals surface area contributed by atoms with E-state index in [-0.39, 0.29) is 18.7 Å². The number of pyridine rings is 2. The maximum Gasteiger partial charge on any atom is 0.251 e. The number of fused-ring (bicyclic) bond motifs is 2. The molecule has 10 heteroatoms. The lowest BCUT2D eigenvalue weighted by Gasteiger charge is -2.12. The Kier molecular flexibility index (Phi) is 6.06. The zero-order chi connectivity index (χ0) is 26.4. The molecule has 1 fully saturated rings. The van der Waals surface area contributed by atoms with E-state index in [4.69, 9.17) is 9.72 Å². The van der Waals surface area contributed by atoms with Gasteiger partial charge in [0.2, 0.25) is 15.3 Å². The summed E-state index contributed by atoms with van der Waals surface area (Å²) in [6.45, 7) is -0.269. The molecule has 1 aliphatic carbocycles. The highest BCUT2D eigenvalue weighted by molar-refractivity contribution is 7.92. The number of hydrogen-bond donors (Lipinski definition) is 1. The van der Waals surface area contributed by atoms with Crippen LogP contribution in [0.2, 0.25) is 0 Å². The van der Waals surface area contributed by atoms with E-state index in [2.05, 4.69) is 16.4 Å². The number of alkyl halides is 1. The largest absolute Gasteiger partial charge is 0.489 e. The minimum absolute atomic E-state index is 0.0160. The number of amides is 1. The molecule has 6 rings (SSSR count). The van der Waals surface area contributed by atoms with Crippen LogP contribution < -0.4 is 10.1 Å². The topological polar surface area (TPSA) is 98.3 Å². The Hall–Kier alpha value is -3.92. The number of rotatable bonds is 5. The number of aromatic nitrogens is 2. The zero-order valence-corrected chi connectivity index (χ0v) is 21.0. The average molecular weight is 536 g/mol. The van der Waals surface area contributed by atoms with Gasteiger partial charge in [-0.3, -0.25) is 14.8 Å². The van der Waals surface area contributed by atoms with Crippen LogP contribution in [0.4, 0.5) is 8.78 Å². The first-order valence-corrected chi connectivity index (χ1v) is 13.8. The predicted octanol–water partition coefficient (Wildman–Crippen LogP) is 5.10. The maximum absolute atomic E-state index is 14.6. The number of sulfone groups is 1. The fourth-order valence-electron chi connectivity index (χ4n) is 4.53. The Morgan fingerprint density at radius 1 is 1.05 bits per heavy atom. The Labute approximate surface area is 217 Å². The van der Waals surface area contributed by atoms with Crippen molar-refractivity contribution in [2.75, 3.05) is 6.61 Å². The van der Waals surface area contributed by atoms with Gasteiger partial charge in [-0.1, -0.05) is 18.2 Å². The second kappa shape index (κ2) is 9.43. The lowest BCUT2D eigenvalue weighted by atomic mass is 10.0. The van der Waals surface area contributed by atoms with Crippen molar-refractivity contribution in [1.29, 1.82) is 0 Å². The third-order valence-corrected chi connectivity index (χ3v) is 8.60. The first-order valence-electron chi connectivity index (χ1n) is 12.3. The molecule has 3 heterocycles. The molecule has 7 nitrogen and oxygen atoms in total. The summed E-state index contributed by atoms with van der Waals surface area (Å²) in [6.07, 6.45) is 3.62. The van der Waals surface area contributed by atoms with E-state index in [0.29, 0.717) is 11.6 Å². The van der Waals surface area contributed by atoms with E-state index < -0.39 is 44.1 Å². The van der Waals surface area contributed by atoms with Crippen molar-refractivity contribution in [2.45, 2.75) is 42.1 Å². The van der Waals surface area contributed by atoms with Crippen LogP contribution in [0.25, 0.3) is 22.0 Å². The summed E-state index contributed by atoms with van der Waals surface area (Å²) >= 11 is 0. The van der Waals surface area contributed by atoms with Crippen LogP contribution in [-0.4, -0.2) is 36.4 Å². The van der Waals surface area contributed by atoms with Crippen molar-refractivity contribution < 1.29 is 26.7 Å². The molecule has 1 saturated carbocycles. The van der Waals surface area contributed by atoms with Crippen LogP contribution in [0.5, 0.6) is 5.75 Å². The highest BCUT2D eigenvalue weighted by atomic mass is 32.2. The van der Waals surface area contributed by atoms with Crippen LogP contribution in [0.3, 0.4) is 0 Å².